The van der Waals surface area contributed by atoms with Crippen LogP contribution in [0.5, 0.6) is 0 Å². The highest BCUT2D eigenvalue weighted by Gasteiger charge is 2.24. The molecule has 0 saturated carbocycles. The molecule has 1 amide bonds. The van der Waals surface area contributed by atoms with E-state index in [9.17, 15) is 4.79 Å². The number of aromatic nitrogens is 1. The van der Waals surface area contributed by atoms with Crippen LogP contribution in [0.4, 0.5) is 0 Å². The Morgan fingerprint density at radius 1 is 1.42 bits per heavy atom. The van der Waals surface area contributed by atoms with Crippen LogP contribution in [0.3, 0.4) is 0 Å². The number of fused-ring (bicyclic) bond motifs is 1. The third kappa shape index (κ3) is 4.99. The molecule has 0 aliphatic carbocycles. The first-order valence-corrected chi connectivity index (χ1v) is 9.50. The molecule has 1 unspecified atom stereocenters. The summed E-state index contributed by atoms with van der Waals surface area (Å²) >= 11 is 5.02. The van der Waals surface area contributed by atoms with Gasteiger partial charge in [0.1, 0.15) is 0 Å². The lowest BCUT2D eigenvalue weighted by atomic mass is 10.1. The van der Waals surface area contributed by atoms with Crippen molar-refractivity contribution < 1.29 is 4.79 Å². The summed E-state index contributed by atoms with van der Waals surface area (Å²) < 4.78 is 0.946. The lowest BCUT2D eigenvalue weighted by Crippen LogP contribution is -2.46. The van der Waals surface area contributed by atoms with E-state index in [0.29, 0.717) is 0 Å². The monoisotopic (exact) mass is 404 g/mol. The van der Waals surface area contributed by atoms with Gasteiger partial charge in [-0.3, -0.25) is 9.78 Å². The van der Waals surface area contributed by atoms with Crippen molar-refractivity contribution in [3.63, 3.8) is 0 Å². The first-order chi connectivity index (χ1) is 11.3. The number of hydrogen-bond donors (Lipinski definition) is 1. The zero-order chi connectivity index (χ0) is 17.7. The molecular formula is C19H21BrN2OS. The van der Waals surface area contributed by atoms with Crippen LogP contribution < -0.4 is 5.32 Å². The number of benzene rings is 1. The van der Waals surface area contributed by atoms with E-state index >= 15 is 0 Å². The van der Waals surface area contributed by atoms with Crippen molar-refractivity contribution >= 4 is 44.5 Å². The summed E-state index contributed by atoms with van der Waals surface area (Å²) in [5, 5.41) is 3.93. The van der Waals surface area contributed by atoms with Crippen molar-refractivity contribution in [2.45, 2.75) is 49.8 Å². The Bertz CT molecular complexity index is 808. The Labute approximate surface area is 156 Å². The minimum Gasteiger partial charge on any atom is -0.339 e. The summed E-state index contributed by atoms with van der Waals surface area (Å²) in [6.45, 7) is 7.63. The van der Waals surface area contributed by atoms with E-state index < -0.39 is 5.54 Å². The minimum absolute atomic E-state index is 0.0164. The van der Waals surface area contributed by atoms with Crippen LogP contribution in [-0.2, 0) is 4.79 Å². The number of hydrogen-bond acceptors (Lipinski definition) is 3. The fourth-order valence-corrected chi connectivity index (χ4v) is 3.73. The van der Waals surface area contributed by atoms with E-state index in [0.717, 1.165) is 26.7 Å². The molecule has 3 nitrogen and oxygen atoms in total. The molecule has 1 N–H and O–H groups in total. The van der Waals surface area contributed by atoms with Crippen LogP contribution >= 0.6 is 27.7 Å². The van der Waals surface area contributed by atoms with Crippen LogP contribution in [0.2, 0.25) is 0 Å². The van der Waals surface area contributed by atoms with Gasteiger partial charge in [-0.2, -0.15) is 0 Å². The summed E-state index contributed by atoms with van der Waals surface area (Å²) in [5.74, 6) is 5.90. The normalized spacial score (nSPS) is 12.4. The summed E-state index contributed by atoms with van der Waals surface area (Å²) in [6.07, 6.45) is 2.54. The number of pyridine rings is 1. The number of halogens is 1. The van der Waals surface area contributed by atoms with Crippen LogP contribution in [0.1, 0.15) is 34.1 Å². The molecule has 0 spiro atoms. The van der Waals surface area contributed by atoms with E-state index in [2.05, 4.69) is 44.1 Å². The maximum absolute atomic E-state index is 12.6. The molecule has 2 rings (SSSR count). The summed E-state index contributed by atoms with van der Waals surface area (Å²) in [7, 11) is 0. The van der Waals surface area contributed by atoms with Crippen molar-refractivity contribution in [2.75, 3.05) is 0 Å². The van der Waals surface area contributed by atoms with Gasteiger partial charge in [-0.05, 0) is 67.4 Å². The second-order valence-electron chi connectivity index (χ2n) is 6.01. The molecule has 0 saturated heterocycles. The third-order valence-electron chi connectivity index (χ3n) is 3.43. The second kappa shape index (κ2) is 8.04. The Balaban J connectivity index is 2.17. The molecule has 1 aromatic carbocycles. The van der Waals surface area contributed by atoms with Crippen LogP contribution in [-0.4, -0.2) is 21.7 Å². The van der Waals surface area contributed by atoms with Crippen molar-refractivity contribution in [3.8, 4) is 11.8 Å². The molecule has 0 aliphatic rings. The van der Waals surface area contributed by atoms with Gasteiger partial charge in [0.05, 0.1) is 16.3 Å². The van der Waals surface area contributed by atoms with E-state index in [4.69, 9.17) is 0 Å². The first kappa shape index (κ1) is 18.8. The summed E-state index contributed by atoms with van der Waals surface area (Å²) in [4.78, 5) is 18.0. The van der Waals surface area contributed by atoms with Crippen molar-refractivity contribution in [2.24, 2.45) is 0 Å². The fraction of sp³-hybridized carbons (Fsp3) is 0.368. The van der Waals surface area contributed by atoms with Gasteiger partial charge < -0.3 is 5.32 Å². The zero-order valence-corrected chi connectivity index (χ0v) is 16.7. The van der Waals surface area contributed by atoms with E-state index in [1.807, 2.05) is 39.0 Å². The highest BCUT2D eigenvalue weighted by Crippen LogP contribution is 2.29. The van der Waals surface area contributed by atoms with Gasteiger partial charge in [-0.25, -0.2) is 0 Å². The molecule has 24 heavy (non-hydrogen) atoms. The van der Waals surface area contributed by atoms with Crippen molar-refractivity contribution in [1.82, 2.24) is 10.3 Å². The summed E-state index contributed by atoms with van der Waals surface area (Å²) in [6, 6.07) is 8.11. The van der Waals surface area contributed by atoms with Crippen LogP contribution in [0.15, 0.2) is 39.8 Å². The SMILES string of the molecule is CC#CC(C)(C)NC(=O)C(CC)Sc1ccc2ncc(Br)cc2c1. The van der Waals surface area contributed by atoms with Gasteiger partial charge >= 0.3 is 0 Å². The van der Waals surface area contributed by atoms with Gasteiger partial charge in [-0.15, -0.1) is 17.7 Å². The predicted octanol–water partition coefficient (Wildman–Crippen LogP) is 4.79. The van der Waals surface area contributed by atoms with E-state index in [-0.39, 0.29) is 11.2 Å². The number of amides is 1. The van der Waals surface area contributed by atoms with E-state index in [1.165, 1.54) is 0 Å². The molecule has 1 atom stereocenters. The molecular weight excluding hydrogens is 384 g/mol. The topological polar surface area (TPSA) is 42.0 Å². The van der Waals surface area contributed by atoms with Crippen LogP contribution in [0, 0.1) is 11.8 Å². The van der Waals surface area contributed by atoms with Crippen molar-refractivity contribution in [3.05, 3.63) is 34.9 Å². The van der Waals surface area contributed by atoms with Crippen molar-refractivity contribution in [1.29, 1.82) is 0 Å². The summed E-state index contributed by atoms with van der Waals surface area (Å²) in [5.41, 5.74) is 0.428. The number of nitrogens with zero attached hydrogens (tertiary/aromatic N) is 1. The standard InChI is InChI=1S/C19H21BrN2OS/c1-5-9-19(3,4)22-18(23)17(6-2)24-15-7-8-16-13(11-15)10-14(20)12-21-16/h7-8,10-12,17H,6H2,1-4H3,(H,22,23). The lowest BCUT2D eigenvalue weighted by Gasteiger charge is -2.23. The smallest absolute Gasteiger partial charge is 0.234 e. The molecule has 1 heterocycles. The average molecular weight is 405 g/mol. The highest BCUT2D eigenvalue weighted by molar-refractivity contribution is 9.10. The van der Waals surface area contributed by atoms with Gasteiger partial charge in [0.2, 0.25) is 5.91 Å². The quantitative estimate of drug-likeness (QED) is 0.575. The van der Waals surface area contributed by atoms with Gasteiger partial charge in [0, 0.05) is 21.0 Å². The Morgan fingerprint density at radius 3 is 2.83 bits per heavy atom. The Kier molecular flexibility index (Phi) is 6.31. The van der Waals surface area contributed by atoms with E-state index in [1.54, 1.807) is 24.9 Å². The van der Waals surface area contributed by atoms with Crippen LogP contribution in [0.25, 0.3) is 10.9 Å². The maximum Gasteiger partial charge on any atom is 0.234 e. The number of carbonyl (C=O) groups excluding carboxylic acids is 1. The van der Waals surface area contributed by atoms with Gasteiger partial charge in [-0.1, -0.05) is 12.8 Å². The largest absolute Gasteiger partial charge is 0.339 e. The van der Waals surface area contributed by atoms with Gasteiger partial charge in [0.25, 0.3) is 0 Å². The molecule has 0 aliphatic heterocycles. The molecule has 1 aromatic heterocycles. The number of carbonyl (C=O) groups is 1. The number of rotatable bonds is 5. The predicted molar refractivity (Wildman–Crippen MR) is 105 cm³/mol. The molecule has 5 heteroatoms. The second-order valence-corrected chi connectivity index (χ2v) is 8.20. The number of thioether (sulfide) groups is 1. The highest BCUT2D eigenvalue weighted by atomic mass is 79.9. The first-order valence-electron chi connectivity index (χ1n) is 7.82. The average Bonchev–Trinajstić information content (AvgIpc) is 2.51. The minimum atomic E-state index is -0.516. The lowest BCUT2D eigenvalue weighted by molar-refractivity contribution is -0.121. The molecule has 0 fully saturated rings. The molecule has 126 valence electrons. The van der Waals surface area contributed by atoms with Gasteiger partial charge in [0.15, 0.2) is 0 Å². The Hall–Kier alpha value is -1.51. The number of nitrogens with one attached hydrogen (secondary N) is 1. The molecule has 0 bridgehead atoms. The Morgan fingerprint density at radius 2 is 2.17 bits per heavy atom. The molecule has 2 aromatic rings. The molecule has 0 radical (unpaired) electrons. The third-order valence-corrected chi connectivity index (χ3v) is 5.23. The fourth-order valence-electron chi connectivity index (χ4n) is 2.37. The zero-order valence-electron chi connectivity index (χ0n) is 14.3. The maximum atomic E-state index is 12.6.